The molecule has 2 aromatic rings. The summed E-state index contributed by atoms with van der Waals surface area (Å²) in [6, 6.07) is 9.98. The number of hydrogen-bond acceptors (Lipinski definition) is 6. The second-order valence-corrected chi connectivity index (χ2v) is 7.51. The van der Waals surface area contributed by atoms with Crippen molar-refractivity contribution in [2.75, 3.05) is 58.9 Å². The van der Waals surface area contributed by atoms with Gasteiger partial charge in [0.25, 0.3) is 0 Å². The molecular formula is C23H34N6O2. The van der Waals surface area contributed by atoms with Gasteiger partial charge in [0.2, 0.25) is 0 Å². The van der Waals surface area contributed by atoms with Gasteiger partial charge in [-0.3, -0.25) is 0 Å². The first-order valence-corrected chi connectivity index (χ1v) is 10.7. The van der Waals surface area contributed by atoms with E-state index in [4.69, 9.17) is 14.5 Å². The van der Waals surface area contributed by atoms with E-state index in [-0.39, 0.29) is 0 Å². The van der Waals surface area contributed by atoms with Crippen LogP contribution in [0.25, 0.3) is 0 Å². The monoisotopic (exact) mass is 426 g/mol. The van der Waals surface area contributed by atoms with Gasteiger partial charge in [0, 0.05) is 51.0 Å². The molecule has 1 aromatic carbocycles. The van der Waals surface area contributed by atoms with Crippen molar-refractivity contribution in [3.8, 4) is 11.5 Å². The maximum Gasteiger partial charge on any atom is 0.191 e. The van der Waals surface area contributed by atoms with E-state index in [0.717, 1.165) is 50.1 Å². The van der Waals surface area contributed by atoms with E-state index in [1.807, 2.05) is 30.5 Å². The summed E-state index contributed by atoms with van der Waals surface area (Å²) in [5.74, 6) is 3.25. The molecule has 0 bridgehead atoms. The smallest absolute Gasteiger partial charge is 0.191 e. The number of nitrogens with zero attached hydrogens (tertiary/aromatic N) is 4. The molecule has 2 N–H and O–H groups in total. The number of benzene rings is 1. The van der Waals surface area contributed by atoms with E-state index < -0.39 is 0 Å². The molecule has 8 nitrogen and oxygen atoms in total. The molecular weight excluding hydrogens is 392 g/mol. The number of anilines is 1. The Bertz CT molecular complexity index is 865. The first-order valence-electron chi connectivity index (χ1n) is 10.7. The van der Waals surface area contributed by atoms with Crippen LogP contribution in [0.2, 0.25) is 0 Å². The van der Waals surface area contributed by atoms with Crippen LogP contribution in [-0.4, -0.2) is 69.8 Å². The van der Waals surface area contributed by atoms with E-state index in [9.17, 15) is 0 Å². The highest BCUT2D eigenvalue weighted by molar-refractivity contribution is 5.79. The fraction of sp³-hybridized carbons (Fsp3) is 0.478. The fourth-order valence-corrected chi connectivity index (χ4v) is 3.54. The van der Waals surface area contributed by atoms with Gasteiger partial charge in [0.15, 0.2) is 17.5 Å². The number of methoxy groups -OCH3 is 2. The maximum absolute atomic E-state index is 5.39. The average Bonchev–Trinajstić information content (AvgIpc) is 2.81. The van der Waals surface area contributed by atoms with Crippen LogP contribution in [0.3, 0.4) is 0 Å². The first-order chi connectivity index (χ1) is 15.1. The van der Waals surface area contributed by atoms with Gasteiger partial charge in [-0.05, 0) is 37.7 Å². The summed E-state index contributed by atoms with van der Waals surface area (Å²) < 4.78 is 10.7. The molecule has 0 spiro atoms. The minimum atomic E-state index is 0.536. The number of piperazine rings is 1. The minimum absolute atomic E-state index is 0.536. The van der Waals surface area contributed by atoms with Gasteiger partial charge >= 0.3 is 0 Å². The number of likely N-dealkylation sites (N-methyl/N-ethyl adjacent to an activating group) is 1. The van der Waals surface area contributed by atoms with E-state index >= 15 is 0 Å². The molecule has 1 aliphatic heterocycles. The quantitative estimate of drug-likeness (QED) is 0.495. The van der Waals surface area contributed by atoms with Gasteiger partial charge in [-0.1, -0.05) is 12.1 Å². The largest absolute Gasteiger partial charge is 0.493 e. The lowest BCUT2D eigenvalue weighted by molar-refractivity contribution is 0.312. The van der Waals surface area contributed by atoms with Crippen LogP contribution in [0.4, 0.5) is 5.82 Å². The molecule has 3 rings (SSSR count). The predicted molar refractivity (Wildman–Crippen MR) is 125 cm³/mol. The Hall–Kier alpha value is -3.00. The van der Waals surface area contributed by atoms with E-state index in [1.54, 1.807) is 14.2 Å². The molecule has 1 fully saturated rings. The van der Waals surface area contributed by atoms with Crippen LogP contribution in [0, 0.1) is 0 Å². The normalized spacial score (nSPS) is 15.0. The Morgan fingerprint density at radius 3 is 2.55 bits per heavy atom. The number of rotatable bonds is 8. The van der Waals surface area contributed by atoms with Gasteiger partial charge in [-0.15, -0.1) is 0 Å². The van der Waals surface area contributed by atoms with Gasteiger partial charge in [0.1, 0.15) is 5.82 Å². The summed E-state index contributed by atoms with van der Waals surface area (Å²) in [5.41, 5.74) is 2.22. The fourth-order valence-electron chi connectivity index (χ4n) is 3.54. The number of aromatic nitrogens is 1. The molecule has 1 aromatic heterocycles. The molecule has 0 unspecified atom stereocenters. The van der Waals surface area contributed by atoms with Gasteiger partial charge < -0.3 is 29.9 Å². The molecule has 0 aliphatic carbocycles. The third-order valence-electron chi connectivity index (χ3n) is 5.33. The summed E-state index contributed by atoms with van der Waals surface area (Å²) in [6.45, 7) is 8.14. The number of guanidine groups is 1. The second-order valence-electron chi connectivity index (χ2n) is 7.51. The molecule has 0 saturated carbocycles. The summed E-state index contributed by atoms with van der Waals surface area (Å²) >= 11 is 0. The van der Waals surface area contributed by atoms with E-state index in [0.29, 0.717) is 24.6 Å². The molecule has 0 atom stereocenters. The van der Waals surface area contributed by atoms with Crippen LogP contribution in [-0.2, 0) is 13.1 Å². The molecule has 31 heavy (non-hydrogen) atoms. The van der Waals surface area contributed by atoms with Crippen molar-refractivity contribution in [2.24, 2.45) is 4.99 Å². The Labute approximate surface area is 185 Å². The zero-order chi connectivity index (χ0) is 22.1. The van der Waals surface area contributed by atoms with Crippen molar-refractivity contribution >= 4 is 11.8 Å². The van der Waals surface area contributed by atoms with Crippen molar-refractivity contribution in [1.82, 2.24) is 20.5 Å². The van der Waals surface area contributed by atoms with Crippen LogP contribution in [0.1, 0.15) is 18.1 Å². The number of nitrogens with one attached hydrogen (secondary N) is 2. The number of pyridine rings is 1. The van der Waals surface area contributed by atoms with Gasteiger partial charge in [-0.25, -0.2) is 9.98 Å². The Balaban J connectivity index is 1.67. The highest BCUT2D eigenvalue weighted by Crippen LogP contribution is 2.27. The molecule has 0 amide bonds. The van der Waals surface area contributed by atoms with Crippen LogP contribution >= 0.6 is 0 Å². The molecule has 168 valence electrons. The molecule has 8 heteroatoms. The Morgan fingerprint density at radius 1 is 1.06 bits per heavy atom. The Morgan fingerprint density at radius 2 is 1.84 bits per heavy atom. The van der Waals surface area contributed by atoms with Crippen molar-refractivity contribution in [3.05, 3.63) is 47.7 Å². The lowest BCUT2D eigenvalue weighted by Gasteiger charge is -2.34. The van der Waals surface area contributed by atoms with E-state index in [2.05, 4.69) is 45.5 Å². The lowest BCUT2D eigenvalue weighted by atomic mass is 10.2. The predicted octanol–water partition coefficient (Wildman–Crippen LogP) is 2.11. The molecule has 0 radical (unpaired) electrons. The third-order valence-corrected chi connectivity index (χ3v) is 5.33. The lowest BCUT2D eigenvalue weighted by Crippen LogP contribution is -2.45. The highest BCUT2D eigenvalue weighted by Gasteiger charge is 2.18. The van der Waals surface area contributed by atoms with Crippen LogP contribution in [0.5, 0.6) is 11.5 Å². The highest BCUT2D eigenvalue weighted by atomic mass is 16.5. The molecule has 1 aliphatic rings. The number of aliphatic imine (C=N–C) groups is 1. The molecule has 1 saturated heterocycles. The summed E-state index contributed by atoms with van der Waals surface area (Å²) in [5, 5.41) is 6.77. The van der Waals surface area contributed by atoms with Crippen LogP contribution in [0.15, 0.2) is 41.5 Å². The van der Waals surface area contributed by atoms with Crippen molar-refractivity contribution < 1.29 is 9.47 Å². The summed E-state index contributed by atoms with van der Waals surface area (Å²) in [6.07, 6.45) is 1.87. The topological polar surface area (TPSA) is 74.2 Å². The molecule has 2 heterocycles. The maximum atomic E-state index is 5.39. The zero-order valence-corrected chi connectivity index (χ0v) is 19.0. The van der Waals surface area contributed by atoms with Crippen molar-refractivity contribution in [2.45, 2.75) is 20.0 Å². The van der Waals surface area contributed by atoms with Crippen molar-refractivity contribution in [1.29, 1.82) is 0 Å². The minimum Gasteiger partial charge on any atom is -0.493 e. The van der Waals surface area contributed by atoms with Crippen LogP contribution < -0.4 is 25.0 Å². The Kier molecular flexibility index (Phi) is 8.35. The van der Waals surface area contributed by atoms with E-state index in [1.165, 1.54) is 5.56 Å². The van der Waals surface area contributed by atoms with Gasteiger partial charge in [0.05, 0.1) is 20.8 Å². The SMILES string of the molecule is CCNC(=NCc1ccc(OC)c(OC)c1)NCc1cccnc1N1CCN(C)CC1. The standard InChI is InChI=1S/C23H34N6O2/c1-5-24-23(26-16-18-8-9-20(30-3)21(15-18)31-4)27-17-19-7-6-10-25-22(19)29-13-11-28(2)12-14-29/h6-10,15H,5,11-14,16-17H2,1-4H3,(H2,24,26,27). The number of hydrogen-bond donors (Lipinski definition) is 2. The third kappa shape index (κ3) is 6.24. The van der Waals surface area contributed by atoms with Crippen molar-refractivity contribution in [3.63, 3.8) is 0 Å². The zero-order valence-electron chi connectivity index (χ0n) is 19.0. The summed E-state index contributed by atoms with van der Waals surface area (Å²) in [7, 11) is 5.44. The summed E-state index contributed by atoms with van der Waals surface area (Å²) in [4.78, 5) is 14.1. The number of ether oxygens (including phenoxy) is 2. The van der Waals surface area contributed by atoms with Gasteiger partial charge in [-0.2, -0.15) is 0 Å². The average molecular weight is 427 g/mol. The second kappa shape index (κ2) is 11.4. The first kappa shape index (κ1) is 22.7.